The predicted octanol–water partition coefficient (Wildman–Crippen LogP) is 1.16. The summed E-state index contributed by atoms with van der Waals surface area (Å²) in [6.07, 6.45) is 0.279. The van der Waals surface area contributed by atoms with Gasteiger partial charge in [0.25, 0.3) is 0 Å². The fourth-order valence-corrected chi connectivity index (χ4v) is 7.30. The van der Waals surface area contributed by atoms with Gasteiger partial charge >= 0.3 is 163 Å². The molecule has 0 spiro atoms. The van der Waals surface area contributed by atoms with Crippen LogP contribution in [0.4, 0.5) is 5.69 Å². The minimum absolute atomic E-state index is 0.0496. The summed E-state index contributed by atoms with van der Waals surface area (Å²) < 4.78 is 33.6. The van der Waals surface area contributed by atoms with Gasteiger partial charge in [-0.2, -0.15) is 0 Å². The first-order valence-electron chi connectivity index (χ1n) is 7.59. The van der Waals surface area contributed by atoms with Gasteiger partial charge in [-0.3, -0.25) is 0 Å². The molecule has 1 fully saturated rings. The molecule has 0 saturated carbocycles. The first-order valence-corrected chi connectivity index (χ1v) is 12.1. The molecule has 1 saturated heterocycles. The summed E-state index contributed by atoms with van der Waals surface area (Å²) in [5, 5.41) is 0. The average molecular weight is 463 g/mol. The Labute approximate surface area is 162 Å². The van der Waals surface area contributed by atoms with Gasteiger partial charge in [-0.05, 0) is 0 Å². The van der Waals surface area contributed by atoms with Crippen LogP contribution in [0.15, 0.2) is 33.8 Å². The van der Waals surface area contributed by atoms with E-state index in [-0.39, 0.29) is 33.0 Å². The van der Waals surface area contributed by atoms with Crippen molar-refractivity contribution in [2.45, 2.75) is 13.3 Å². The van der Waals surface area contributed by atoms with Gasteiger partial charge < -0.3 is 0 Å². The molecular formula is C15H16N2O4S3Se. The second kappa shape index (κ2) is 7.38. The van der Waals surface area contributed by atoms with Crippen molar-refractivity contribution in [1.29, 1.82) is 0 Å². The number of fused-ring (bicyclic) bond motifs is 1. The molecule has 0 radical (unpaired) electrons. The van der Waals surface area contributed by atoms with E-state index < -0.39 is 10.1 Å². The number of anilines is 1. The average Bonchev–Trinajstić information content (AvgIpc) is 3.04. The molecule has 1 amide bonds. The van der Waals surface area contributed by atoms with Crippen LogP contribution < -0.4 is 9.36 Å². The molecule has 2 heterocycles. The quantitative estimate of drug-likeness (QED) is 0.304. The van der Waals surface area contributed by atoms with E-state index in [4.69, 9.17) is 16.8 Å². The molecular weight excluding hydrogens is 447 g/mol. The van der Waals surface area contributed by atoms with Gasteiger partial charge in [0.1, 0.15) is 0 Å². The number of likely N-dealkylation sites (N-methyl/N-ethyl adjacent to an activating group) is 1. The number of rotatable bonds is 5. The summed E-state index contributed by atoms with van der Waals surface area (Å²) in [5.41, 5.74) is 0.995. The maximum atomic E-state index is 12.7. The second-order valence-electron chi connectivity index (χ2n) is 5.41. The first kappa shape index (κ1) is 18.9. The van der Waals surface area contributed by atoms with E-state index in [2.05, 4.69) is 0 Å². The van der Waals surface area contributed by atoms with Gasteiger partial charge in [0.2, 0.25) is 0 Å². The minimum atomic E-state index is -4.00. The van der Waals surface area contributed by atoms with Crippen molar-refractivity contribution in [3.63, 3.8) is 0 Å². The topological polar surface area (TPSA) is 77.9 Å². The summed E-state index contributed by atoms with van der Waals surface area (Å²) >= 11 is 6.56. The van der Waals surface area contributed by atoms with Crippen LogP contribution in [0.25, 0.3) is 0 Å². The Balaban J connectivity index is 1.94. The van der Waals surface area contributed by atoms with E-state index >= 15 is 0 Å². The van der Waals surface area contributed by atoms with Crippen LogP contribution in [0.2, 0.25) is 0 Å². The number of carbonyl (C=O) groups excluding carboxylic acids is 1. The number of benzene rings is 1. The van der Waals surface area contributed by atoms with Crippen LogP contribution in [-0.4, -0.2) is 61.9 Å². The monoisotopic (exact) mass is 464 g/mol. The molecule has 0 aliphatic carbocycles. The molecule has 10 heteroatoms. The molecule has 2 aliphatic rings. The van der Waals surface area contributed by atoms with E-state index in [9.17, 15) is 13.2 Å². The maximum absolute atomic E-state index is 12.7. The number of thiocarbonyl (C=S) groups is 1. The van der Waals surface area contributed by atoms with Gasteiger partial charge in [-0.1, -0.05) is 0 Å². The van der Waals surface area contributed by atoms with E-state index in [1.807, 2.05) is 36.1 Å². The second-order valence-corrected chi connectivity index (χ2v) is 10.8. The Bertz CT molecular complexity index is 869. The van der Waals surface area contributed by atoms with Crippen LogP contribution in [0.3, 0.4) is 0 Å². The Morgan fingerprint density at radius 3 is 2.64 bits per heavy atom. The molecule has 134 valence electrons. The number of amides is 1. The standard InChI is InChI=1S/C15H16N2O4S3Se/c1-2-16-13(18)12(23-15(16)22)14-17(8-5-9-24(19,20)21)10-6-3-4-7-11(10)25-14/h3-4,6-7H,2,5,8-9H2,1H3,(H,19,20,21). The third-order valence-corrected chi connectivity index (χ3v) is 8.77. The third kappa shape index (κ3) is 3.94. The molecule has 1 N–H and O–H groups in total. The predicted molar refractivity (Wildman–Crippen MR) is 105 cm³/mol. The van der Waals surface area contributed by atoms with Crippen molar-refractivity contribution in [2.24, 2.45) is 0 Å². The zero-order chi connectivity index (χ0) is 18.2. The van der Waals surface area contributed by atoms with Gasteiger partial charge in [0, 0.05) is 0 Å². The first-order chi connectivity index (χ1) is 11.8. The molecule has 0 aromatic heterocycles. The SMILES string of the molecule is CCN1C(=O)C(=C2[Se]c3ccccc3N2CCCS(=O)(=O)O)SC1=S. The fourth-order valence-electron chi connectivity index (χ4n) is 2.63. The van der Waals surface area contributed by atoms with Crippen LogP contribution >= 0.6 is 24.0 Å². The Kier molecular flexibility index (Phi) is 5.57. The Morgan fingerprint density at radius 2 is 2.00 bits per heavy atom. The number of nitrogens with zero attached hydrogens (tertiary/aromatic N) is 2. The molecule has 1 aromatic carbocycles. The molecule has 2 aliphatic heterocycles. The molecule has 0 unspecified atom stereocenters. The molecule has 6 nitrogen and oxygen atoms in total. The number of carbonyl (C=O) groups is 1. The van der Waals surface area contributed by atoms with Crippen molar-refractivity contribution >= 4 is 69.4 Å². The number of para-hydroxylation sites is 1. The van der Waals surface area contributed by atoms with Crippen molar-refractivity contribution < 1.29 is 17.8 Å². The Hall–Kier alpha value is -0.901. The zero-order valence-corrected chi connectivity index (χ0v) is 17.5. The summed E-state index contributed by atoms with van der Waals surface area (Å²) in [6, 6.07) is 7.87. The number of hydrogen-bond acceptors (Lipinski definition) is 6. The van der Waals surface area contributed by atoms with E-state index in [1.54, 1.807) is 4.90 Å². The number of hydrogen-bond donors (Lipinski definition) is 1. The van der Waals surface area contributed by atoms with Gasteiger partial charge in [0.15, 0.2) is 0 Å². The van der Waals surface area contributed by atoms with Crippen LogP contribution in [0.5, 0.6) is 0 Å². The Morgan fingerprint density at radius 1 is 1.28 bits per heavy atom. The normalized spacial score (nSPS) is 20.6. The summed E-state index contributed by atoms with van der Waals surface area (Å²) in [4.78, 5) is 16.9. The van der Waals surface area contributed by atoms with Crippen molar-refractivity contribution in [2.75, 3.05) is 23.7 Å². The molecule has 1 aromatic rings. The molecule has 25 heavy (non-hydrogen) atoms. The van der Waals surface area contributed by atoms with Crippen molar-refractivity contribution in [3.05, 3.63) is 33.8 Å². The van der Waals surface area contributed by atoms with Gasteiger partial charge in [-0.15, -0.1) is 0 Å². The van der Waals surface area contributed by atoms with E-state index in [0.717, 1.165) is 14.7 Å². The number of thioether (sulfide) groups is 1. The van der Waals surface area contributed by atoms with Crippen LogP contribution in [0, 0.1) is 0 Å². The summed E-state index contributed by atoms with van der Waals surface area (Å²) in [7, 11) is -4.00. The van der Waals surface area contributed by atoms with Crippen molar-refractivity contribution in [3.8, 4) is 0 Å². The third-order valence-electron chi connectivity index (χ3n) is 3.75. The van der Waals surface area contributed by atoms with Crippen molar-refractivity contribution in [1.82, 2.24) is 4.90 Å². The van der Waals surface area contributed by atoms with Crippen LogP contribution in [0.1, 0.15) is 13.3 Å². The summed E-state index contributed by atoms with van der Waals surface area (Å²) in [5.74, 6) is -0.385. The molecule has 0 bridgehead atoms. The van der Waals surface area contributed by atoms with E-state index in [0.29, 0.717) is 22.3 Å². The van der Waals surface area contributed by atoms with Gasteiger partial charge in [0.05, 0.1) is 0 Å². The zero-order valence-electron chi connectivity index (χ0n) is 13.3. The van der Waals surface area contributed by atoms with Gasteiger partial charge in [-0.25, -0.2) is 0 Å². The van der Waals surface area contributed by atoms with E-state index in [1.165, 1.54) is 11.8 Å². The molecule has 0 atom stereocenters. The molecule has 3 rings (SSSR count). The fraction of sp³-hybridized carbons (Fsp3) is 0.333. The summed E-state index contributed by atoms with van der Waals surface area (Å²) in [6.45, 7) is 2.84. The van der Waals surface area contributed by atoms with Crippen LogP contribution in [-0.2, 0) is 14.9 Å².